The quantitative estimate of drug-likeness (QED) is 0.435. The highest BCUT2D eigenvalue weighted by Gasteiger charge is 2.24. The van der Waals surface area contributed by atoms with E-state index in [0.29, 0.717) is 5.92 Å². The lowest BCUT2D eigenvalue weighted by molar-refractivity contribution is 0.297. The van der Waals surface area contributed by atoms with Gasteiger partial charge in [0.25, 0.3) is 11.1 Å². The maximum atomic E-state index is 11.7. The molecule has 0 aromatic carbocycles. The van der Waals surface area contributed by atoms with Gasteiger partial charge in [0.15, 0.2) is 0 Å². The van der Waals surface area contributed by atoms with E-state index in [1.807, 2.05) is 23.5 Å². The standard InChI is InChI=1S/C20H32N2O4S2/c1-4-20(3,12-17-14-26-22-19(17)24)6-8-28-10-9-27-7-5-15(2)11-16-13-25-21-18(16)23/h13-15H,4-12H2,1-3H3,(H,21,23)(H,22,24). The van der Waals surface area contributed by atoms with Gasteiger partial charge in [-0.15, -0.1) is 0 Å². The summed E-state index contributed by atoms with van der Waals surface area (Å²) in [6, 6.07) is 0. The van der Waals surface area contributed by atoms with Crippen molar-refractivity contribution in [3.63, 3.8) is 0 Å². The summed E-state index contributed by atoms with van der Waals surface area (Å²) in [6.07, 6.45) is 7.86. The molecular weight excluding hydrogens is 396 g/mol. The Hall–Kier alpha value is -1.28. The van der Waals surface area contributed by atoms with Crippen molar-refractivity contribution < 1.29 is 9.05 Å². The molecule has 2 N–H and O–H groups in total. The second kappa shape index (κ2) is 11.7. The van der Waals surface area contributed by atoms with Crippen LogP contribution in [0.3, 0.4) is 0 Å². The van der Waals surface area contributed by atoms with Gasteiger partial charge in [-0.3, -0.25) is 9.59 Å². The molecule has 0 saturated heterocycles. The van der Waals surface area contributed by atoms with Gasteiger partial charge in [0.1, 0.15) is 12.5 Å². The Bertz CT molecular complexity index is 794. The molecular formula is C20H32N2O4S2. The lowest BCUT2D eigenvalue weighted by Gasteiger charge is -2.27. The van der Waals surface area contributed by atoms with Crippen LogP contribution in [0.4, 0.5) is 0 Å². The first kappa shape index (κ1) is 23.0. The van der Waals surface area contributed by atoms with E-state index in [9.17, 15) is 9.59 Å². The molecule has 2 aromatic heterocycles. The largest absolute Gasteiger partial charge is 0.387 e. The third-order valence-corrected chi connectivity index (χ3v) is 7.57. The predicted molar refractivity (Wildman–Crippen MR) is 118 cm³/mol. The van der Waals surface area contributed by atoms with Gasteiger partial charge in [0.05, 0.1) is 11.1 Å². The Morgan fingerprint density at radius 1 is 1.00 bits per heavy atom. The summed E-state index contributed by atoms with van der Waals surface area (Å²) in [4.78, 5) is 23.1. The summed E-state index contributed by atoms with van der Waals surface area (Å²) >= 11 is 3.97. The van der Waals surface area contributed by atoms with E-state index >= 15 is 0 Å². The van der Waals surface area contributed by atoms with Crippen LogP contribution in [0.1, 0.15) is 51.2 Å². The zero-order chi connectivity index (χ0) is 20.4. The van der Waals surface area contributed by atoms with E-state index < -0.39 is 0 Å². The number of thioether (sulfide) groups is 2. The first-order valence-corrected chi connectivity index (χ1v) is 12.2. The van der Waals surface area contributed by atoms with Crippen molar-refractivity contribution in [2.75, 3.05) is 23.0 Å². The smallest absolute Gasteiger partial charge is 0.283 e. The molecule has 2 unspecified atom stereocenters. The van der Waals surface area contributed by atoms with Crippen molar-refractivity contribution in [2.24, 2.45) is 11.3 Å². The second-order valence-corrected chi connectivity index (χ2v) is 10.2. The Balaban J connectivity index is 1.53. The molecule has 2 rings (SSSR count). The van der Waals surface area contributed by atoms with Gasteiger partial charge in [-0.25, -0.2) is 0 Å². The van der Waals surface area contributed by atoms with Gasteiger partial charge in [-0.1, -0.05) is 27.2 Å². The van der Waals surface area contributed by atoms with Crippen molar-refractivity contribution >= 4 is 23.5 Å². The molecule has 8 heteroatoms. The Morgan fingerprint density at radius 2 is 1.61 bits per heavy atom. The molecule has 2 heterocycles. The van der Waals surface area contributed by atoms with Gasteiger partial charge >= 0.3 is 0 Å². The first-order chi connectivity index (χ1) is 13.4. The highest BCUT2D eigenvalue weighted by Crippen LogP contribution is 2.31. The molecule has 28 heavy (non-hydrogen) atoms. The fourth-order valence-electron chi connectivity index (χ4n) is 3.06. The van der Waals surface area contributed by atoms with Crippen LogP contribution in [-0.4, -0.2) is 33.3 Å². The zero-order valence-electron chi connectivity index (χ0n) is 17.0. The zero-order valence-corrected chi connectivity index (χ0v) is 18.7. The number of hydrogen-bond donors (Lipinski definition) is 2. The number of nitrogens with one attached hydrogen (secondary N) is 2. The molecule has 0 fully saturated rings. The van der Waals surface area contributed by atoms with E-state index in [2.05, 4.69) is 31.1 Å². The maximum absolute atomic E-state index is 11.7. The molecule has 0 aliphatic rings. The summed E-state index contributed by atoms with van der Waals surface area (Å²) in [5, 5.41) is 4.71. The van der Waals surface area contributed by atoms with Gasteiger partial charge in [0, 0.05) is 11.5 Å². The van der Waals surface area contributed by atoms with Gasteiger partial charge in [0.2, 0.25) is 0 Å². The minimum Gasteiger partial charge on any atom is -0.387 e. The van der Waals surface area contributed by atoms with Crippen LogP contribution in [0.25, 0.3) is 0 Å². The van der Waals surface area contributed by atoms with Crippen molar-refractivity contribution in [3.05, 3.63) is 44.4 Å². The normalized spacial score (nSPS) is 14.8. The molecule has 2 atom stereocenters. The van der Waals surface area contributed by atoms with Gasteiger partial charge < -0.3 is 9.05 Å². The molecule has 0 spiro atoms. The molecule has 0 radical (unpaired) electrons. The van der Waals surface area contributed by atoms with Crippen LogP contribution in [0.2, 0.25) is 0 Å². The SMILES string of the molecule is CCC(C)(CCSCCSCCC(C)Cc1co[nH]c1=O)Cc1co[nH]c1=O. The van der Waals surface area contributed by atoms with Gasteiger partial charge in [-0.2, -0.15) is 33.8 Å². The molecule has 0 aliphatic carbocycles. The lowest BCUT2D eigenvalue weighted by Crippen LogP contribution is -2.22. The highest BCUT2D eigenvalue weighted by atomic mass is 32.2. The Labute approximate surface area is 174 Å². The fraction of sp³-hybridized carbons (Fsp3) is 0.700. The number of rotatable bonds is 14. The van der Waals surface area contributed by atoms with Crippen LogP contribution in [0.5, 0.6) is 0 Å². The Kier molecular flexibility index (Phi) is 9.58. The topological polar surface area (TPSA) is 92.0 Å². The molecule has 158 valence electrons. The second-order valence-electron chi connectivity index (χ2n) is 7.80. The first-order valence-electron chi connectivity index (χ1n) is 9.89. The van der Waals surface area contributed by atoms with E-state index in [1.165, 1.54) is 6.26 Å². The molecule has 6 nitrogen and oxygen atoms in total. The average molecular weight is 429 g/mol. The van der Waals surface area contributed by atoms with Crippen LogP contribution >= 0.6 is 23.5 Å². The van der Waals surface area contributed by atoms with Crippen LogP contribution in [0.15, 0.2) is 31.2 Å². The molecule has 2 aromatic rings. The van der Waals surface area contributed by atoms with Crippen molar-refractivity contribution in [1.29, 1.82) is 0 Å². The lowest BCUT2D eigenvalue weighted by atomic mass is 9.79. The van der Waals surface area contributed by atoms with Crippen molar-refractivity contribution in [3.8, 4) is 0 Å². The number of hydrogen-bond acceptors (Lipinski definition) is 6. The number of aromatic amines is 2. The van der Waals surface area contributed by atoms with Crippen molar-refractivity contribution in [2.45, 2.75) is 52.9 Å². The van der Waals surface area contributed by atoms with E-state index in [4.69, 9.17) is 9.05 Å². The van der Waals surface area contributed by atoms with Crippen LogP contribution in [0, 0.1) is 11.3 Å². The molecule has 0 aliphatic heterocycles. The minimum absolute atomic E-state index is 0.102. The predicted octanol–water partition coefficient (Wildman–Crippen LogP) is 4.33. The molecule has 0 amide bonds. The van der Waals surface area contributed by atoms with Gasteiger partial charge in [-0.05, 0) is 48.5 Å². The summed E-state index contributed by atoms with van der Waals surface area (Å²) in [5.41, 5.74) is 1.42. The third-order valence-electron chi connectivity index (χ3n) is 5.31. The third kappa shape index (κ3) is 7.62. The van der Waals surface area contributed by atoms with Crippen LogP contribution in [-0.2, 0) is 12.8 Å². The summed E-state index contributed by atoms with van der Waals surface area (Å²) < 4.78 is 9.73. The number of H-pyrrole nitrogens is 2. The van der Waals surface area contributed by atoms with E-state index in [0.717, 1.165) is 66.2 Å². The van der Waals surface area contributed by atoms with Crippen molar-refractivity contribution in [1.82, 2.24) is 10.3 Å². The monoisotopic (exact) mass is 428 g/mol. The summed E-state index contributed by atoms with van der Waals surface area (Å²) in [7, 11) is 0. The fourth-order valence-corrected chi connectivity index (χ4v) is 5.62. The van der Waals surface area contributed by atoms with E-state index in [-0.39, 0.29) is 16.5 Å². The highest BCUT2D eigenvalue weighted by molar-refractivity contribution is 8.02. The molecule has 0 bridgehead atoms. The van der Waals surface area contributed by atoms with Crippen LogP contribution < -0.4 is 11.1 Å². The minimum atomic E-state index is -0.104. The maximum Gasteiger partial charge on any atom is 0.283 e. The number of aromatic nitrogens is 2. The average Bonchev–Trinajstić information content (AvgIpc) is 3.25. The Morgan fingerprint density at radius 3 is 2.18 bits per heavy atom. The summed E-state index contributed by atoms with van der Waals surface area (Å²) in [5.74, 6) is 5.00. The summed E-state index contributed by atoms with van der Waals surface area (Å²) in [6.45, 7) is 6.62. The molecule has 0 saturated carbocycles. The van der Waals surface area contributed by atoms with E-state index in [1.54, 1.807) is 6.26 Å².